The molecule has 1 amide bonds. The van der Waals surface area contributed by atoms with Crippen LogP contribution in [0.15, 0.2) is 17.2 Å². The molecule has 9 nitrogen and oxygen atoms in total. The van der Waals surface area contributed by atoms with Gasteiger partial charge in [-0.15, -0.1) is 0 Å². The highest BCUT2D eigenvalue weighted by atomic mass is 35.5. The van der Waals surface area contributed by atoms with Gasteiger partial charge in [-0.3, -0.25) is 19.1 Å². The lowest BCUT2D eigenvalue weighted by Gasteiger charge is -2.32. The van der Waals surface area contributed by atoms with Crippen molar-refractivity contribution in [3.63, 3.8) is 0 Å². The van der Waals surface area contributed by atoms with E-state index in [0.717, 1.165) is 0 Å². The minimum absolute atomic E-state index is 0.0109. The van der Waals surface area contributed by atoms with Crippen molar-refractivity contribution in [1.29, 1.82) is 0 Å². The standard InChI is InChI=1S/C14H19ClN6O3S/c1-9-12(13(15)20(3)17-9)25(23,24)18-10-5-4-8-21(14(10)22)11-6-7-16-19(11)2/h6-7,10,18H,4-5,8H2,1-3H3. The minimum Gasteiger partial charge on any atom is -0.296 e. The molecule has 1 aliphatic heterocycles. The summed E-state index contributed by atoms with van der Waals surface area (Å²) in [6.07, 6.45) is 2.68. The zero-order valence-electron chi connectivity index (χ0n) is 14.1. The van der Waals surface area contributed by atoms with Gasteiger partial charge in [0.2, 0.25) is 15.9 Å². The number of halogens is 1. The number of sulfonamides is 1. The Morgan fingerprint density at radius 3 is 2.60 bits per heavy atom. The van der Waals surface area contributed by atoms with Crippen LogP contribution in [0.2, 0.25) is 5.15 Å². The normalized spacial score (nSPS) is 18.8. The SMILES string of the molecule is Cc1nn(C)c(Cl)c1S(=O)(=O)NC1CCCN(c2ccnn2C)C1=O. The first-order valence-corrected chi connectivity index (χ1v) is 9.59. The number of nitrogens with zero attached hydrogens (tertiary/aromatic N) is 5. The highest BCUT2D eigenvalue weighted by molar-refractivity contribution is 7.89. The second kappa shape index (κ2) is 6.43. The van der Waals surface area contributed by atoms with Gasteiger partial charge in [0.05, 0.1) is 11.9 Å². The number of rotatable bonds is 4. The maximum Gasteiger partial charge on any atom is 0.246 e. The zero-order valence-corrected chi connectivity index (χ0v) is 15.7. The predicted molar refractivity (Wildman–Crippen MR) is 91.9 cm³/mol. The van der Waals surface area contributed by atoms with Gasteiger partial charge in [0, 0.05) is 26.7 Å². The second-order valence-electron chi connectivity index (χ2n) is 5.95. The van der Waals surface area contributed by atoms with Gasteiger partial charge < -0.3 is 0 Å². The third kappa shape index (κ3) is 3.16. The number of hydrogen-bond donors (Lipinski definition) is 1. The monoisotopic (exact) mass is 386 g/mol. The van der Waals surface area contributed by atoms with Crippen molar-refractivity contribution in [2.75, 3.05) is 11.4 Å². The molecular formula is C14H19ClN6O3S. The van der Waals surface area contributed by atoms with E-state index in [0.29, 0.717) is 25.2 Å². The zero-order chi connectivity index (χ0) is 18.4. The van der Waals surface area contributed by atoms with Gasteiger partial charge in [-0.2, -0.15) is 14.9 Å². The Labute approximate surface area is 150 Å². The highest BCUT2D eigenvalue weighted by Crippen LogP contribution is 2.26. The van der Waals surface area contributed by atoms with Gasteiger partial charge in [-0.05, 0) is 19.8 Å². The van der Waals surface area contributed by atoms with Crippen LogP contribution in [0.3, 0.4) is 0 Å². The fourth-order valence-electron chi connectivity index (χ4n) is 3.01. The Morgan fingerprint density at radius 1 is 1.32 bits per heavy atom. The molecule has 1 atom stereocenters. The van der Waals surface area contributed by atoms with E-state index < -0.39 is 16.1 Å². The molecule has 1 unspecified atom stereocenters. The molecule has 2 aromatic heterocycles. The Kier molecular flexibility index (Phi) is 4.60. The highest BCUT2D eigenvalue weighted by Gasteiger charge is 2.36. The molecule has 3 rings (SSSR count). The fraction of sp³-hybridized carbons (Fsp3) is 0.500. The smallest absolute Gasteiger partial charge is 0.246 e. The number of aromatic nitrogens is 4. The van der Waals surface area contributed by atoms with Crippen molar-refractivity contribution >= 4 is 33.3 Å². The van der Waals surface area contributed by atoms with Crippen LogP contribution in [-0.2, 0) is 28.9 Å². The molecular weight excluding hydrogens is 368 g/mol. The lowest BCUT2D eigenvalue weighted by molar-refractivity contribution is -0.121. The Morgan fingerprint density at radius 2 is 2.04 bits per heavy atom. The van der Waals surface area contributed by atoms with Crippen molar-refractivity contribution in [3.8, 4) is 0 Å². The summed E-state index contributed by atoms with van der Waals surface area (Å²) in [7, 11) is -0.680. The molecule has 136 valence electrons. The number of anilines is 1. The average molecular weight is 387 g/mol. The number of aryl methyl sites for hydroxylation is 3. The van der Waals surface area contributed by atoms with Crippen LogP contribution in [0.25, 0.3) is 0 Å². The second-order valence-corrected chi connectivity index (χ2v) is 7.96. The molecule has 25 heavy (non-hydrogen) atoms. The molecule has 1 fully saturated rings. The Hall–Kier alpha value is -1.91. The van der Waals surface area contributed by atoms with Crippen molar-refractivity contribution < 1.29 is 13.2 Å². The number of carbonyl (C=O) groups is 1. The maximum atomic E-state index is 12.8. The summed E-state index contributed by atoms with van der Waals surface area (Å²) in [5.41, 5.74) is 0.284. The summed E-state index contributed by atoms with van der Waals surface area (Å²) in [4.78, 5) is 14.2. The van der Waals surface area contributed by atoms with Crippen molar-refractivity contribution in [2.45, 2.75) is 30.7 Å². The van der Waals surface area contributed by atoms with E-state index >= 15 is 0 Å². The number of piperidine rings is 1. The summed E-state index contributed by atoms with van der Waals surface area (Å²) in [6, 6.07) is 0.862. The minimum atomic E-state index is -3.97. The lowest BCUT2D eigenvalue weighted by Crippen LogP contribution is -2.52. The molecule has 2 aromatic rings. The van der Waals surface area contributed by atoms with Gasteiger partial charge >= 0.3 is 0 Å². The molecule has 0 spiro atoms. The average Bonchev–Trinajstić information content (AvgIpc) is 3.05. The Balaban J connectivity index is 1.87. The summed E-state index contributed by atoms with van der Waals surface area (Å²) in [5, 5.41) is 8.08. The van der Waals surface area contributed by atoms with Crippen LogP contribution < -0.4 is 9.62 Å². The summed E-state index contributed by atoms with van der Waals surface area (Å²) in [6.45, 7) is 2.08. The third-order valence-corrected chi connectivity index (χ3v) is 6.34. The van der Waals surface area contributed by atoms with Crippen molar-refractivity contribution in [1.82, 2.24) is 24.3 Å². The van der Waals surface area contributed by atoms with E-state index in [1.807, 2.05) is 0 Å². The number of nitrogens with one attached hydrogen (secondary N) is 1. The fourth-order valence-corrected chi connectivity index (χ4v) is 4.98. The number of amides is 1. The van der Waals surface area contributed by atoms with E-state index in [9.17, 15) is 13.2 Å². The van der Waals surface area contributed by atoms with Gasteiger partial charge in [-0.1, -0.05) is 11.6 Å². The number of carbonyl (C=O) groups excluding carboxylic acids is 1. The molecule has 1 saturated heterocycles. The van der Waals surface area contributed by atoms with E-state index in [4.69, 9.17) is 11.6 Å². The first-order valence-electron chi connectivity index (χ1n) is 7.73. The van der Waals surface area contributed by atoms with Gasteiger partial charge in [0.15, 0.2) is 0 Å². The quantitative estimate of drug-likeness (QED) is 0.828. The molecule has 0 saturated carbocycles. The molecule has 3 heterocycles. The van der Waals surface area contributed by atoms with E-state index in [1.54, 1.807) is 42.9 Å². The molecule has 0 bridgehead atoms. The predicted octanol–water partition coefficient (Wildman–Crippen LogP) is 0.589. The molecule has 0 aromatic carbocycles. The lowest BCUT2D eigenvalue weighted by atomic mass is 10.1. The van der Waals surface area contributed by atoms with Crippen molar-refractivity contribution in [2.24, 2.45) is 14.1 Å². The molecule has 0 aliphatic carbocycles. The maximum absolute atomic E-state index is 12.8. The van der Waals surface area contributed by atoms with Crippen LogP contribution >= 0.6 is 11.6 Å². The largest absolute Gasteiger partial charge is 0.296 e. The summed E-state index contributed by atoms with van der Waals surface area (Å²) in [5.74, 6) is 0.320. The third-order valence-electron chi connectivity index (χ3n) is 4.18. The van der Waals surface area contributed by atoms with Gasteiger partial charge in [0.25, 0.3) is 0 Å². The molecule has 1 N–H and O–H groups in total. The van der Waals surface area contributed by atoms with Crippen LogP contribution in [-0.4, -0.2) is 46.5 Å². The van der Waals surface area contributed by atoms with Crippen LogP contribution in [0.4, 0.5) is 5.82 Å². The van der Waals surface area contributed by atoms with Crippen LogP contribution in [0.5, 0.6) is 0 Å². The first-order chi connectivity index (χ1) is 11.7. The van der Waals surface area contributed by atoms with Crippen LogP contribution in [0, 0.1) is 6.92 Å². The van der Waals surface area contributed by atoms with Crippen molar-refractivity contribution in [3.05, 3.63) is 23.1 Å². The summed E-state index contributed by atoms with van der Waals surface area (Å²) >= 11 is 6.06. The molecule has 1 aliphatic rings. The Bertz CT molecular complexity index is 919. The molecule has 0 radical (unpaired) electrons. The summed E-state index contributed by atoms with van der Waals surface area (Å²) < 4.78 is 30.8. The number of hydrogen-bond acceptors (Lipinski definition) is 5. The topological polar surface area (TPSA) is 102 Å². The van der Waals surface area contributed by atoms with E-state index in [1.165, 1.54) is 4.68 Å². The van der Waals surface area contributed by atoms with Gasteiger partial charge in [0.1, 0.15) is 21.9 Å². The first kappa shape index (κ1) is 17.9. The van der Waals surface area contributed by atoms with Gasteiger partial charge in [-0.25, -0.2) is 8.42 Å². The molecule has 11 heteroatoms. The van der Waals surface area contributed by atoms with E-state index in [-0.39, 0.29) is 21.6 Å². The van der Waals surface area contributed by atoms with E-state index in [2.05, 4.69) is 14.9 Å². The van der Waals surface area contributed by atoms with Crippen LogP contribution in [0.1, 0.15) is 18.5 Å².